The molecule has 2 unspecified atom stereocenters. The zero-order valence-corrected chi connectivity index (χ0v) is 16.4. The summed E-state index contributed by atoms with van der Waals surface area (Å²) in [5.74, 6) is 0.895. The van der Waals surface area contributed by atoms with Crippen LogP contribution in [0.1, 0.15) is 38.4 Å². The lowest BCUT2D eigenvalue weighted by molar-refractivity contribution is 0.196. The summed E-state index contributed by atoms with van der Waals surface area (Å²) in [5, 5.41) is 12.8. The summed E-state index contributed by atoms with van der Waals surface area (Å²) >= 11 is 0. The summed E-state index contributed by atoms with van der Waals surface area (Å²) in [7, 11) is 0. The summed E-state index contributed by atoms with van der Waals surface area (Å²) in [6, 6.07) is 17.0. The first-order chi connectivity index (χ1) is 13.7. The van der Waals surface area contributed by atoms with E-state index in [9.17, 15) is 0 Å². The maximum atomic E-state index is 9.15. The molecular formula is C22H26N6. The molecule has 1 fully saturated rings. The number of hydrogen-bond acceptors (Lipinski definition) is 5. The minimum atomic E-state index is -0.0188. The largest absolute Gasteiger partial charge is 0.353 e. The molecule has 6 heteroatoms. The number of para-hydroxylation sites is 2. The second-order valence-electron chi connectivity index (χ2n) is 7.48. The molecule has 0 spiro atoms. The molecule has 0 saturated carbocycles. The molecule has 4 rings (SSSR count). The van der Waals surface area contributed by atoms with E-state index in [0.29, 0.717) is 6.04 Å². The molecular weight excluding hydrogens is 348 g/mol. The monoisotopic (exact) mass is 374 g/mol. The van der Waals surface area contributed by atoms with Gasteiger partial charge in [0.1, 0.15) is 0 Å². The predicted molar refractivity (Wildman–Crippen MR) is 111 cm³/mol. The number of imidazole rings is 1. The molecule has 28 heavy (non-hydrogen) atoms. The van der Waals surface area contributed by atoms with Crippen LogP contribution in [0.2, 0.25) is 0 Å². The fraction of sp³-hybridized carbons (Fsp3) is 0.409. The Labute approximate surface area is 165 Å². The molecule has 1 aliphatic rings. The van der Waals surface area contributed by atoms with E-state index in [1.807, 2.05) is 31.3 Å². The summed E-state index contributed by atoms with van der Waals surface area (Å²) < 4.78 is 2.25. The highest BCUT2D eigenvalue weighted by Crippen LogP contribution is 2.29. The molecule has 1 saturated heterocycles. The molecule has 3 aromatic rings. The van der Waals surface area contributed by atoms with Crippen LogP contribution in [0.3, 0.4) is 0 Å². The van der Waals surface area contributed by atoms with Crippen LogP contribution in [0.15, 0.2) is 48.7 Å². The van der Waals surface area contributed by atoms with Crippen molar-refractivity contribution in [3.63, 3.8) is 0 Å². The molecule has 0 amide bonds. The van der Waals surface area contributed by atoms with Gasteiger partial charge < -0.3 is 9.88 Å². The number of nitrogens with one attached hydrogen (secondary N) is 1. The summed E-state index contributed by atoms with van der Waals surface area (Å²) in [6.45, 7) is 6.01. The van der Waals surface area contributed by atoms with Crippen molar-refractivity contribution in [3.05, 3.63) is 54.4 Å². The topological polar surface area (TPSA) is 69.8 Å². The zero-order valence-electron chi connectivity index (χ0n) is 16.4. The highest BCUT2D eigenvalue weighted by molar-refractivity contribution is 5.79. The summed E-state index contributed by atoms with van der Waals surface area (Å²) in [4.78, 5) is 11.7. The molecule has 2 atom stereocenters. The Morgan fingerprint density at radius 2 is 1.86 bits per heavy atom. The van der Waals surface area contributed by atoms with E-state index in [4.69, 9.17) is 10.2 Å². The van der Waals surface area contributed by atoms with Crippen LogP contribution in [0.4, 0.5) is 5.95 Å². The van der Waals surface area contributed by atoms with Crippen molar-refractivity contribution in [3.8, 4) is 6.07 Å². The molecule has 2 aromatic heterocycles. The Bertz CT molecular complexity index is 966. The van der Waals surface area contributed by atoms with Crippen LogP contribution in [0, 0.1) is 11.3 Å². The van der Waals surface area contributed by atoms with Gasteiger partial charge in [-0.05, 0) is 51.0 Å². The van der Waals surface area contributed by atoms with Crippen molar-refractivity contribution in [1.29, 1.82) is 5.26 Å². The molecule has 6 nitrogen and oxygen atoms in total. The average Bonchev–Trinajstić information content (AvgIpc) is 3.11. The van der Waals surface area contributed by atoms with E-state index in [2.05, 4.69) is 57.0 Å². The number of anilines is 1. The maximum absolute atomic E-state index is 9.15. The Morgan fingerprint density at radius 1 is 1.11 bits per heavy atom. The Hall–Kier alpha value is -2.91. The van der Waals surface area contributed by atoms with Crippen molar-refractivity contribution in [2.45, 2.75) is 44.8 Å². The standard InChI is InChI=1S/C22H26N6/c1-16(15-23)27-13-10-18(11-14-27)25-22-26-20-8-3-4-9-21(20)28(22)17(2)19-7-5-6-12-24-19/h3-9,12,16-18H,10-11,13-14H2,1-2H3,(H,25,26). The highest BCUT2D eigenvalue weighted by atomic mass is 15.2. The van der Waals surface area contributed by atoms with Crippen LogP contribution < -0.4 is 5.32 Å². The quantitative estimate of drug-likeness (QED) is 0.735. The van der Waals surface area contributed by atoms with Crippen molar-refractivity contribution in [2.75, 3.05) is 18.4 Å². The van der Waals surface area contributed by atoms with Crippen LogP contribution in [0.5, 0.6) is 0 Å². The number of pyridine rings is 1. The van der Waals surface area contributed by atoms with Gasteiger partial charge in [-0.1, -0.05) is 18.2 Å². The highest BCUT2D eigenvalue weighted by Gasteiger charge is 2.25. The van der Waals surface area contributed by atoms with E-state index >= 15 is 0 Å². The van der Waals surface area contributed by atoms with Crippen LogP contribution in [-0.4, -0.2) is 44.6 Å². The lowest BCUT2D eigenvalue weighted by Crippen LogP contribution is -2.43. The second kappa shape index (κ2) is 7.99. The fourth-order valence-electron chi connectivity index (χ4n) is 3.99. The average molecular weight is 374 g/mol. The van der Waals surface area contributed by atoms with Gasteiger partial charge in [-0.25, -0.2) is 4.98 Å². The molecule has 1 aliphatic heterocycles. The summed E-state index contributed by atoms with van der Waals surface area (Å²) in [5.41, 5.74) is 3.12. The van der Waals surface area contributed by atoms with Gasteiger partial charge in [0, 0.05) is 25.3 Å². The van der Waals surface area contributed by atoms with Crippen LogP contribution in [-0.2, 0) is 0 Å². The van der Waals surface area contributed by atoms with Gasteiger partial charge in [0.25, 0.3) is 0 Å². The number of benzene rings is 1. The Balaban J connectivity index is 1.60. The lowest BCUT2D eigenvalue weighted by Gasteiger charge is -2.34. The van der Waals surface area contributed by atoms with Gasteiger partial charge in [-0.2, -0.15) is 5.26 Å². The SMILES string of the molecule is CC(C#N)N1CCC(Nc2nc3ccccc3n2C(C)c2ccccn2)CC1. The second-order valence-corrected chi connectivity index (χ2v) is 7.48. The molecule has 144 valence electrons. The van der Waals surface area contributed by atoms with E-state index in [1.54, 1.807) is 0 Å². The minimum absolute atomic E-state index is 0.0188. The van der Waals surface area contributed by atoms with Gasteiger partial charge in [0.15, 0.2) is 0 Å². The number of piperidine rings is 1. The third-order valence-corrected chi connectivity index (χ3v) is 5.70. The third-order valence-electron chi connectivity index (χ3n) is 5.70. The maximum Gasteiger partial charge on any atom is 0.204 e. The Morgan fingerprint density at radius 3 is 2.57 bits per heavy atom. The van der Waals surface area contributed by atoms with E-state index in [0.717, 1.165) is 48.6 Å². The number of nitrogens with zero attached hydrogens (tertiary/aromatic N) is 5. The van der Waals surface area contributed by atoms with Gasteiger partial charge in [-0.3, -0.25) is 9.88 Å². The third kappa shape index (κ3) is 3.58. The van der Waals surface area contributed by atoms with Crippen molar-refractivity contribution in [2.24, 2.45) is 0 Å². The van der Waals surface area contributed by atoms with Crippen molar-refractivity contribution in [1.82, 2.24) is 19.4 Å². The van der Waals surface area contributed by atoms with Crippen molar-refractivity contribution >= 4 is 17.0 Å². The number of nitriles is 1. The molecule has 1 aromatic carbocycles. The number of aromatic nitrogens is 3. The number of fused-ring (bicyclic) bond motifs is 1. The van der Waals surface area contributed by atoms with Crippen molar-refractivity contribution < 1.29 is 0 Å². The van der Waals surface area contributed by atoms with Gasteiger partial charge in [-0.15, -0.1) is 0 Å². The molecule has 3 heterocycles. The number of hydrogen-bond donors (Lipinski definition) is 1. The molecule has 0 bridgehead atoms. The predicted octanol–water partition coefficient (Wildman–Crippen LogP) is 3.83. The van der Waals surface area contributed by atoms with Gasteiger partial charge in [0.2, 0.25) is 5.95 Å². The first-order valence-electron chi connectivity index (χ1n) is 9.95. The summed E-state index contributed by atoms with van der Waals surface area (Å²) in [6.07, 6.45) is 3.85. The van der Waals surface area contributed by atoms with E-state index < -0.39 is 0 Å². The number of rotatable bonds is 5. The number of likely N-dealkylation sites (tertiary alicyclic amines) is 1. The van der Waals surface area contributed by atoms with E-state index in [-0.39, 0.29) is 12.1 Å². The Kier molecular flexibility index (Phi) is 5.27. The van der Waals surface area contributed by atoms with E-state index in [1.165, 1.54) is 0 Å². The van der Waals surface area contributed by atoms with Gasteiger partial charge in [0.05, 0.1) is 34.9 Å². The van der Waals surface area contributed by atoms with Crippen LogP contribution in [0.25, 0.3) is 11.0 Å². The molecule has 0 radical (unpaired) electrons. The fourth-order valence-corrected chi connectivity index (χ4v) is 3.99. The minimum Gasteiger partial charge on any atom is -0.353 e. The zero-order chi connectivity index (χ0) is 19.5. The molecule has 0 aliphatic carbocycles. The smallest absolute Gasteiger partial charge is 0.204 e. The van der Waals surface area contributed by atoms with Crippen LogP contribution >= 0.6 is 0 Å². The lowest BCUT2D eigenvalue weighted by atomic mass is 10.0. The normalized spacial score (nSPS) is 17.9. The first kappa shape index (κ1) is 18.5. The van der Waals surface area contributed by atoms with Gasteiger partial charge >= 0.3 is 0 Å². The first-order valence-corrected chi connectivity index (χ1v) is 9.95. The molecule has 1 N–H and O–H groups in total.